The van der Waals surface area contributed by atoms with E-state index in [1.54, 1.807) is 6.92 Å². The van der Waals surface area contributed by atoms with Crippen molar-refractivity contribution in [3.8, 4) is 11.5 Å². The van der Waals surface area contributed by atoms with Crippen molar-refractivity contribution in [1.29, 1.82) is 0 Å². The van der Waals surface area contributed by atoms with Crippen molar-refractivity contribution in [3.05, 3.63) is 16.6 Å². The maximum Gasteiger partial charge on any atom is 0.242 e. The molecule has 1 unspecified atom stereocenters. The van der Waals surface area contributed by atoms with Crippen LogP contribution in [-0.4, -0.2) is 40.4 Å². The lowest BCUT2D eigenvalue weighted by molar-refractivity contribution is 0.275. The van der Waals surface area contributed by atoms with E-state index in [0.717, 1.165) is 0 Å². The highest BCUT2D eigenvalue weighted by molar-refractivity contribution is 9.10. The summed E-state index contributed by atoms with van der Waals surface area (Å²) >= 11 is 3.21. The number of halogens is 1. The van der Waals surface area contributed by atoms with Crippen LogP contribution in [0.3, 0.4) is 0 Å². The lowest BCUT2D eigenvalue weighted by Crippen LogP contribution is -2.33. The first-order chi connectivity index (χ1) is 9.35. The normalized spacial score (nSPS) is 13.1. The summed E-state index contributed by atoms with van der Waals surface area (Å²) in [7, 11) is -0.807. The van der Waals surface area contributed by atoms with Gasteiger partial charge in [0.15, 0.2) is 11.5 Å². The predicted molar refractivity (Wildman–Crippen MR) is 78.7 cm³/mol. The molecule has 2 N–H and O–H groups in total. The highest BCUT2D eigenvalue weighted by atomic mass is 79.9. The molecule has 0 bridgehead atoms. The van der Waals surface area contributed by atoms with Crippen LogP contribution in [0.15, 0.2) is 21.5 Å². The van der Waals surface area contributed by atoms with Crippen LogP contribution in [0.1, 0.15) is 13.3 Å². The summed E-state index contributed by atoms with van der Waals surface area (Å²) in [6.45, 7) is 1.60. The molecule has 0 aliphatic rings. The second-order valence-electron chi connectivity index (χ2n) is 4.17. The molecule has 0 saturated carbocycles. The van der Waals surface area contributed by atoms with Gasteiger partial charge in [0.1, 0.15) is 4.90 Å². The highest BCUT2D eigenvalue weighted by Crippen LogP contribution is 2.35. The van der Waals surface area contributed by atoms with Crippen molar-refractivity contribution in [2.45, 2.75) is 24.3 Å². The molecular formula is C12H18BrNO5S. The fourth-order valence-corrected chi connectivity index (χ4v) is 3.94. The standard InChI is InChI=1S/C12H18BrNO5S/c1-8(4-5-15)14-20(16,17)12-7-11(19-3)10(18-2)6-9(12)13/h6-8,14-15H,4-5H2,1-3H3. The number of aliphatic hydroxyl groups excluding tert-OH is 1. The van der Waals surface area contributed by atoms with Gasteiger partial charge in [-0.15, -0.1) is 0 Å². The van der Waals surface area contributed by atoms with E-state index in [2.05, 4.69) is 20.7 Å². The second-order valence-corrected chi connectivity index (χ2v) is 6.71. The number of hydrogen-bond acceptors (Lipinski definition) is 5. The van der Waals surface area contributed by atoms with Crippen LogP contribution in [0.2, 0.25) is 0 Å². The minimum absolute atomic E-state index is 0.0555. The zero-order valence-corrected chi connectivity index (χ0v) is 13.9. The molecule has 1 atom stereocenters. The molecule has 0 amide bonds. The summed E-state index contributed by atoms with van der Waals surface area (Å²) in [6.07, 6.45) is 0.337. The van der Waals surface area contributed by atoms with Crippen molar-refractivity contribution >= 4 is 26.0 Å². The number of rotatable bonds is 7. The van der Waals surface area contributed by atoms with Gasteiger partial charge in [-0.05, 0) is 35.3 Å². The van der Waals surface area contributed by atoms with Gasteiger partial charge in [0, 0.05) is 23.2 Å². The molecule has 0 aliphatic heterocycles. The van der Waals surface area contributed by atoms with Crippen LogP contribution in [0, 0.1) is 0 Å². The number of aliphatic hydroxyl groups is 1. The van der Waals surface area contributed by atoms with E-state index in [-0.39, 0.29) is 17.5 Å². The zero-order valence-electron chi connectivity index (χ0n) is 11.5. The third kappa shape index (κ3) is 4.08. The largest absolute Gasteiger partial charge is 0.493 e. The molecule has 0 heterocycles. The first kappa shape index (κ1) is 17.2. The smallest absolute Gasteiger partial charge is 0.242 e. The van der Waals surface area contributed by atoms with E-state index >= 15 is 0 Å². The van der Waals surface area contributed by atoms with Gasteiger partial charge in [0.2, 0.25) is 10.0 Å². The Hall–Kier alpha value is -0.830. The molecule has 6 nitrogen and oxygen atoms in total. The predicted octanol–water partition coefficient (Wildman–Crippen LogP) is 1.52. The molecular weight excluding hydrogens is 350 g/mol. The molecule has 20 heavy (non-hydrogen) atoms. The third-order valence-electron chi connectivity index (χ3n) is 2.65. The average Bonchev–Trinajstić information content (AvgIpc) is 2.37. The molecule has 1 aromatic rings. The van der Waals surface area contributed by atoms with E-state index in [0.29, 0.717) is 22.4 Å². The van der Waals surface area contributed by atoms with Gasteiger partial charge in [-0.25, -0.2) is 13.1 Å². The molecule has 0 fully saturated rings. The van der Waals surface area contributed by atoms with E-state index in [9.17, 15) is 8.42 Å². The molecule has 0 spiro atoms. The van der Waals surface area contributed by atoms with Gasteiger partial charge in [-0.1, -0.05) is 0 Å². The van der Waals surface area contributed by atoms with Crippen molar-refractivity contribution < 1.29 is 23.0 Å². The SMILES string of the molecule is COc1cc(Br)c(S(=O)(=O)NC(C)CCO)cc1OC. The summed E-state index contributed by atoms with van der Waals surface area (Å²) in [5.74, 6) is 0.757. The molecule has 1 aromatic carbocycles. The molecule has 114 valence electrons. The Kier molecular flexibility index (Phi) is 6.25. The number of nitrogens with one attached hydrogen (secondary N) is 1. The van der Waals surface area contributed by atoms with Crippen molar-refractivity contribution in [1.82, 2.24) is 4.72 Å². The van der Waals surface area contributed by atoms with Crippen molar-refractivity contribution in [2.24, 2.45) is 0 Å². The topological polar surface area (TPSA) is 84.9 Å². The zero-order chi connectivity index (χ0) is 15.3. The van der Waals surface area contributed by atoms with Crippen LogP contribution in [-0.2, 0) is 10.0 Å². The molecule has 8 heteroatoms. The molecule has 0 aromatic heterocycles. The van der Waals surface area contributed by atoms with Crippen molar-refractivity contribution in [3.63, 3.8) is 0 Å². The monoisotopic (exact) mass is 367 g/mol. The van der Waals surface area contributed by atoms with Crippen molar-refractivity contribution in [2.75, 3.05) is 20.8 Å². The van der Waals surface area contributed by atoms with Crippen LogP contribution >= 0.6 is 15.9 Å². The fourth-order valence-electron chi connectivity index (χ4n) is 1.62. The minimum atomic E-state index is -3.71. The fraction of sp³-hybridized carbons (Fsp3) is 0.500. The Balaban J connectivity index is 3.18. The quantitative estimate of drug-likeness (QED) is 0.762. The van der Waals surface area contributed by atoms with Crippen LogP contribution in [0.4, 0.5) is 0 Å². The second kappa shape index (κ2) is 7.26. The van der Waals surface area contributed by atoms with Gasteiger partial charge >= 0.3 is 0 Å². The van der Waals surface area contributed by atoms with Gasteiger partial charge in [0.25, 0.3) is 0 Å². The van der Waals surface area contributed by atoms with Crippen LogP contribution in [0.5, 0.6) is 11.5 Å². The average molecular weight is 368 g/mol. The third-order valence-corrected chi connectivity index (χ3v) is 5.19. The summed E-state index contributed by atoms with van der Waals surface area (Å²) in [5, 5.41) is 8.83. The van der Waals surface area contributed by atoms with Gasteiger partial charge in [-0.2, -0.15) is 0 Å². The Bertz CT molecular complexity index is 561. The maximum atomic E-state index is 12.3. The van der Waals surface area contributed by atoms with Crippen LogP contribution < -0.4 is 14.2 Å². The number of ether oxygens (including phenoxy) is 2. The Morgan fingerprint density at radius 3 is 2.35 bits per heavy atom. The van der Waals surface area contributed by atoms with Crippen LogP contribution in [0.25, 0.3) is 0 Å². The highest BCUT2D eigenvalue weighted by Gasteiger charge is 2.22. The number of methoxy groups -OCH3 is 2. The summed E-state index contributed by atoms with van der Waals surface area (Å²) in [6, 6.07) is 2.55. The lowest BCUT2D eigenvalue weighted by atomic mass is 10.3. The van der Waals surface area contributed by atoms with Gasteiger partial charge in [0.05, 0.1) is 14.2 Å². The number of sulfonamides is 1. The number of hydrogen-bond donors (Lipinski definition) is 2. The van der Waals surface area contributed by atoms with Gasteiger partial charge in [-0.3, -0.25) is 0 Å². The molecule has 0 radical (unpaired) electrons. The molecule has 1 rings (SSSR count). The first-order valence-corrected chi connectivity index (χ1v) is 8.18. The Morgan fingerprint density at radius 1 is 1.30 bits per heavy atom. The van der Waals surface area contributed by atoms with E-state index in [1.807, 2.05) is 0 Å². The Morgan fingerprint density at radius 2 is 1.85 bits per heavy atom. The lowest BCUT2D eigenvalue weighted by Gasteiger charge is -2.16. The molecule has 0 aliphatic carbocycles. The Labute approximate surface area is 127 Å². The summed E-state index contributed by atoms with van der Waals surface area (Å²) in [4.78, 5) is 0.0555. The van der Waals surface area contributed by atoms with Gasteiger partial charge < -0.3 is 14.6 Å². The first-order valence-electron chi connectivity index (χ1n) is 5.90. The maximum absolute atomic E-state index is 12.3. The summed E-state index contributed by atoms with van der Waals surface area (Å²) < 4.78 is 37.6. The minimum Gasteiger partial charge on any atom is -0.493 e. The van der Waals surface area contributed by atoms with E-state index in [4.69, 9.17) is 14.6 Å². The number of benzene rings is 1. The van der Waals surface area contributed by atoms with E-state index in [1.165, 1.54) is 26.4 Å². The van der Waals surface area contributed by atoms with E-state index < -0.39 is 10.0 Å². The summed E-state index contributed by atoms with van der Waals surface area (Å²) in [5.41, 5.74) is 0. The molecule has 0 saturated heterocycles.